The molecule has 1 atom stereocenters. The second-order valence-electron chi connectivity index (χ2n) is 3.61. The molecule has 1 rings (SSSR count). The maximum absolute atomic E-state index is 9.05. The largest absolute Gasteiger partial charge is 0.393 e. The van der Waals surface area contributed by atoms with Crippen LogP contribution in [0.25, 0.3) is 0 Å². The third-order valence-electron chi connectivity index (χ3n) is 2.14. The van der Waals surface area contributed by atoms with Crippen molar-refractivity contribution >= 4 is 5.69 Å². The van der Waals surface area contributed by atoms with Gasteiger partial charge in [0.1, 0.15) is 0 Å². The molecule has 3 nitrogen and oxygen atoms in total. The van der Waals surface area contributed by atoms with E-state index in [9.17, 15) is 0 Å². The van der Waals surface area contributed by atoms with Gasteiger partial charge in [0, 0.05) is 12.2 Å². The lowest BCUT2D eigenvalue weighted by molar-refractivity contribution is 0.183. The highest BCUT2D eigenvalue weighted by Crippen LogP contribution is 2.08. The first-order valence-corrected chi connectivity index (χ1v) is 5.14. The van der Waals surface area contributed by atoms with Crippen molar-refractivity contribution in [3.8, 4) is 6.07 Å². The average molecular weight is 204 g/mol. The van der Waals surface area contributed by atoms with Gasteiger partial charge < -0.3 is 10.4 Å². The molecule has 0 radical (unpaired) electrons. The fourth-order valence-corrected chi connectivity index (χ4v) is 1.29. The number of rotatable bonds is 5. The third kappa shape index (κ3) is 4.48. The number of nitrogens with one attached hydrogen (secondary N) is 1. The molecule has 1 aromatic carbocycles. The second kappa shape index (κ2) is 6.05. The number of anilines is 1. The Kier molecular flexibility index (Phi) is 4.65. The van der Waals surface area contributed by atoms with Crippen LogP contribution in [0.1, 0.15) is 25.3 Å². The molecule has 80 valence electrons. The second-order valence-corrected chi connectivity index (χ2v) is 3.61. The van der Waals surface area contributed by atoms with Gasteiger partial charge in [-0.3, -0.25) is 0 Å². The molecular weight excluding hydrogens is 188 g/mol. The van der Waals surface area contributed by atoms with Gasteiger partial charge in [-0.2, -0.15) is 5.26 Å². The van der Waals surface area contributed by atoms with Gasteiger partial charge in [0.15, 0.2) is 0 Å². The van der Waals surface area contributed by atoms with E-state index in [-0.39, 0.29) is 6.10 Å². The number of hydrogen-bond acceptors (Lipinski definition) is 3. The number of hydrogen-bond donors (Lipinski definition) is 2. The fourth-order valence-electron chi connectivity index (χ4n) is 1.29. The minimum absolute atomic E-state index is 0.229. The smallest absolute Gasteiger partial charge is 0.0991 e. The van der Waals surface area contributed by atoms with Crippen molar-refractivity contribution < 1.29 is 5.11 Å². The molecule has 0 aliphatic rings. The zero-order valence-electron chi connectivity index (χ0n) is 8.90. The fraction of sp³-hybridized carbons (Fsp3) is 0.417. The summed E-state index contributed by atoms with van der Waals surface area (Å²) in [4.78, 5) is 0. The summed E-state index contributed by atoms with van der Waals surface area (Å²) in [5.74, 6) is 0. The summed E-state index contributed by atoms with van der Waals surface area (Å²) in [6.45, 7) is 2.64. The minimum Gasteiger partial charge on any atom is -0.393 e. The lowest BCUT2D eigenvalue weighted by Gasteiger charge is -2.07. The summed E-state index contributed by atoms with van der Waals surface area (Å²) >= 11 is 0. The van der Waals surface area contributed by atoms with Crippen LogP contribution in [0, 0.1) is 11.3 Å². The van der Waals surface area contributed by atoms with Gasteiger partial charge in [0.05, 0.1) is 17.7 Å². The molecule has 1 unspecified atom stereocenters. The Morgan fingerprint density at radius 3 is 2.60 bits per heavy atom. The van der Waals surface area contributed by atoms with Gasteiger partial charge in [0.2, 0.25) is 0 Å². The van der Waals surface area contributed by atoms with E-state index in [0.717, 1.165) is 25.1 Å². The maximum atomic E-state index is 9.05. The molecule has 0 fully saturated rings. The van der Waals surface area contributed by atoms with E-state index in [1.54, 1.807) is 19.1 Å². The van der Waals surface area contributed by atoms with E-state index in [2.05, 4.69) is 11.4 Å². The van der Waals surface area contributed by atoms with E-state index < -0.39 is 0 Å². The zero-order chi connectivity index (χ0) is 11.1. The molecule has 0 amide bonds. The van der Waals surface area contributed by atoms with E-state index in [4.69, 9.17) is 10.4 Å². The normalized spacial score (nSPS) is 11.8. The Bertz CT molecular complexity index is 324. The molecule has 0 bridgehead atoms. The van der Waals surface area contributed by atoms with Crippen molar-refractivity contribution in [1.82, 2.24) is 0 Å². The van der Waals surface area contributed by atoms with Crippen molar-refractivity contribution in [1.29, 1.82) is 5.26 Å². The Hall–Kier alpha value is -1.53. The van der Waals surface area contributed by atoms with Gasteiger partial charge in [-0.1, -0.05) is 0 Å². The van der Waals surface area contributed by atoms with Crippen LogP contribution in [0.15, 0.2) is 24.3 Å². The SMILES string of the molecule is CC(O)CCCNc1ccc(C#N)cc1. The Balaban J connectivity index is 2.29. The Labute approximate surface area is 90.4 Å². The Morgan fingerprint density at radius 2 is 2.07 bits per heavy atom. The molecular formula is C12H16N2O. The summed E-state index contributed by atoms with van der Waals surface area (Å²) in [5.41, 5.74) is 1.68. The summed E-state index contributed by atoms with van der Waals surface area (Å²) < 4.78 is 0. The molecule has 0 aromatic heterocycles. The van der Waals surface area contributed by atoms with E-state index in [1.807, 2.05) is 12.1 Å². The van der Waals surface area contributed by atoms with Crippen LogP contribution >= 0.6 is 0 Å². The Morgan fingerprint density at radius 1 is 1.40 bits per heavy atom. The minimum atomic E-state index is -0.229. The van der Waals surface area contributed by atoms with Crippen molar-refractivity contribution in [3.63, 3.8) is 0 Å². The quantitative estimate of drug-likeness (QED) is 0.722. The highest BCUT2D eigenvalue weighted by atomic mass is 16.3. The van der Waals surface area contributed by atoms with Crippen molar-refractivity contribution in [2.24, 2.45) is 0 Å². The first-order valence-electron chi connectivity index (χ1n) is 5.14. The first kappa shape index (κ1) is 11.5. The number of benzene rings is 1. The third-order valence-corrected chi connectivity index (χ3v) is 2.14. The number of aliphatic hydroxyl groups excluding tert-OH is 1. The van der Waals surface area contributed by atoms with E-state index >= 15 is 0 Å². The molecule has 0 saturated carbocycles. The highest BCUT2D eigenvalue weighted by molar-refractivity contribution is 5.46. The molecule has 0 heterocycles. The van der Waals surface area contributed by atoms with E-state index in [0.29, 0.717) is 5.56 Å². The molecule has 1 aromatic rings. The lowest BCUT2D eigenvalue weighted by atomic mass is 10.2. The molecule has 2 N–H and O–H groups in total. The first-order chi connectivity index (χ1) is 7.22. The number of aliphatic hydroxyl groups is 1. The van der Waals surface area contributed by atoms with Crippen molar-refractivity contribution in [3.05, 3.63) is 29.8 Å². The predicted octanol–water partition coefficient (Wildman–Crippen LogP) is 2.13. The predicted molar refractivity (Wildman–Crippen MR) is 60.6 cm³/mol. The topological polar surface area (TPSA) is 56.0 Å². The average Bonchev–Trinajstić information content (AvgIpc) is 2.25. The van der Waals surface area contributed by atoms with Crippen LogP contribution in [0.3, 0.4) is 0 Å². The van der Waals surface area contributed by atoms with Crippen LogP contribution in [-0.4, -0.2) is 17.8 Å². The molecule has 0 aliphatic heterocycles. The van der Waals surface area contributed by atoms with Crippen molar-refractivity contribution in [2.75, 3.05) is 11.9 Å². The zero-order valence-corrected chi connectivity index (χ0v) is 8.90. The van der Waals surface area contributed by atoms with Crippen LogP contribution < -0.4 is 5.32 Å². The molecule has 15 heavy (non-hydrogen) atoms. The highest BCUT2D eigenvalue weighted by Gasteiger charge is 1.96. The maximum Gasteiger partial charge on any atom is 0.0991 e. The van der Waals surface area contributed by atoms with E-state index in [1.165, 1.54) is 0 Å². The van der Waals surface area contributed by atoms with Crippen LogP contribution in [0.2, 0.25) is 0 Å². The van der Waals surface area contributed by atoms with Gasteiger partial charge in [-0.15, -0.1) is 0 Å². The summed E-state index contributed by atoms with van der Waals surface area (Å²) in [7, 11) is 0. The molecule has 3 heteroatoms. The standard InChI is InChI=1S/C12H16N2O/c1-10(15)3-2-8-14-12-6-4-11(9-13)5-7-12/h4-7,10,14-15H,2-3,8H2,1H3. The monoisotopic (exact) mass is 204 g/mol. The number of nitrogens with zero attached hydrogens (tertiary/aromatic N) is 1. The van der Waals surface area contributed by atoms with Gasteiger partial charge in [-0.05, 0) is 44.0 Å². The van der Waals surface area contributed by atoms with Crippen LogP contribution in [-0.2, 0) is 0 Å². The number of nitriles is 1. The summed E-state index contributed by atoms with van der Waals surface area (Å²) in [5, 5.41) is 20.9. The van der Waals surface area contributed by atoms with Gasteiger partial charge >= 0.3 is 0 Å². The van der Waals surface area contributed by atoms with Gasteiger partial charge in [0.25, 0.3) is 0 Å². The van der Waals surface area contributed by atoms with Crippen molar-refractivity contribution in [2.45, 2.75) is 25.9 Å². The molecule has 0 saturated heterocycles. The van der Waals surface area contributed by atoms with Gasteiger partial charge in [-0.25, -0.2) is 0 Å². The van der Waals surface area contributed by atoms with Crippen LogP contribution in [0.4, 0.5) is 5.69 Å². The summed E-state index contributed by atoms with van der Waals surface area (Å²) in [6, 6.07) is 9.43. The van der Waals surface area contributed by atoms with Crippen LogP contribution in [0.5, 0.6) is 0 Å². The summed E-state index contributed by atoms with van der Waals surface area (Å²) in [6.07, 6.45) is 1.52. The lowest BCUT2D eigenvalue weighted by Crippen LogP contribution is -2.06. The molecule has 0 aliphatic carbocycles. The molecule has 0 spiro atoms.